The number of ketones is 1. The number of nitrogens with two attached hydrogens (primary N) is 1. The van der Waals surface area contributed by atoms with Crippen LogP contribution in [0, 0.1) is 0 Å². The van der Waals surface area contributed by atoms with Crippen LogP contribution in [-0.4, -0.2) is 30.8 Å². The molecule has 1 amide bonds. The highest BCUT2D eigenvalue weighted by atomic mass is 16.1. The van der Waals surface area contributed by atoms with Gasteiger partial charge in [0.15, 0.2) is 0 Å². The van der Waals surface area contributed by atoms with Crippen molar-refractivity contribution in [1.29, 1.82) is 0 Å². The summed E-state index contributed by atoms with van der Waals surface area (Å²) >= 11 is 0. The molecule has 0 saturated carbocycles. The first-order chi connectivity index (χ1) is 10.4. The molecule has 3 N–H and O–H groups in total. The molecule has 1 heterocycles. The molecule has 22 heavy (non-hydrogen) atoms. The number of carbonyl (C=O) groups is 2. The van der Waals surface area contributed by atoms with Crippen molar-refractivity contribution in [3.8, 4) is 0 Å². The van der Waals surface area contributed by atoms with Crippen LogP contribution in [-0.2, 0) is 4.79 Å². The lowest BCUT2D eigenvalue weighted by Crippen LogP contribution is -2.18. The van der Waals surface area contributed by atoms with Crippen molar-refractivity contribution >= 4 is 28.9 Å². The third kappa shape index (κ3) is 3.22. The summed E-state index contributed by atoms with van der Waals surface area (Å²) < 4.78 is 0. The van der Waals surface area contributed by atoms with E-state index in [9.17, 15) is 9.59 Å². The number of anilines is 3. The standard InChI is InChI=1S/C16H18N4O2/c1-10(21)18-12-9-13(20(2)3)19-15(14(12)17)16(22)11-7-5-4-6-8-11/h4-9H,17H2,1-3H3,(H,18,19,21). The highest BCUT2D eigenvalue weighted by Gasteiger charge is 2.19. The molecular weight excluding hydrogens is 280 g/mol. The predicted molar refractivity (Wildman–Crippen MR) is 87.2 cm³/mol. The molecule has 6 heteroatoms. The topological polar surface area (TPSA) is 88.3 Å². The van der Waals surface area contributed by atoms with E-state index in [1.807, 2.05) is 6.07 Å². The first-order valence-corrected chi connectivity index (χ1v) is 6.75. The SMILES string of the molecule is CC(=O)Nc1cc(N(C)C)nc(C(=O)c2ccccc2)c1N. The summed E-state index contributed by atoms with van der Waals surface area (Å²) in [6.45, 7) is 1.38. The summed E-state index contributed by atoms with van der Waals surface area (Å²) in [5, 5.41) is 2.63. The molecule has 1 aromatic carbocycles. The molecule has 0 aliphatic heterocycles. The lowest BCUT2D eigenvalue weighted by atomic mass is 10.1. The van der Waals surface area contributed by atoms with Gasteiger partial charge in [0.05, 0.1) is 11.4 Å². The number of amides is 1. The quantitative estimate of drug-likeness (QED) is 0.842. The normalized spacial score (nSPS) is 10.1. The molecule has 0 radical (unpaired) electrons. The zero-order valence-electron chi connectivity index (χ0n) is 12.8. The number of hydrogen-bond acceptors (Lipinski definition) is 5. The molecule has 0 atom stereocenters. The van der Waals surface area contributed by atoms with Crippen molar-refractivity contribution in [2.45, 2.75) is 6.92 Å². The third-order valence-electron chi connectivity index (χ3n) is 3.07. The fourth-order valence-electron chi connectivity index (χ4n) is 1.96. The number of nitrogens with zero attached hydrogens (tertiary/aromatic N) is 2. The lowest BCUT2D eigenvalue weighted by molar-refractivity contribution is -0.114. The van der Waals surface area contributed by atoms with E-state index in [0.717, 1.165) is 0 Å². The van der Waals surface area contributed by atoms with Crippen LogP contribution in [0.2, 0.25) is 0 Å². The number of nitrogens with one attached hydrogen (secondary N) is 1. The maximum atomic E-state index is 12.6. The van der Waals surface area contributed by atoms with Gasteiger partial charge >= 0.3 is 0 Å². The second-order valence-corrected chi connectivity index (χ2v) is 5.06. The Labute approximate surface area is 129 Å². The van der Waals surface area contributed by atoms with Gasteiger partial charge < -0.3 is 16.0 Å². The minimum absolute atomic E-state index is 0.126. The van der Waals surface area contributed by atoms with Crippen LogP contribution in [0.15, 0.2) is 36.4 Å². The molecule has 0 aliphatic carbocycles. The third-order valence-corrected chi connectivity index (χ3v) is 3.07. The van der Waals surface area contributed by atoms with Gasteiger partial charge in [0, 0.05) is 32.6 Å². The number of benzene rings is 1. The molecule has 0 unspecified atom stereocenters. The maximum Gasteiger partial charge on any atom is 0.221 e. The molecule has 0 saturated heterocycles. The van der Waals surface area contributed by atoms with E-state index < -0.39 is 0 Å². The van der Waals surface area contributed by atoms with Gasteiger partial charge in [-0.2, -0.15) is 0 Å². The Hall–Kier alpha value is -2.89. The van der Waals surface area contributed by atoms with Crippen LogP contribution < -0.4 is 16.0 Å². The average molecular weight is 298 g/mol. The molecule has 114 valence electrons. The van der Waals surface area contributed by atoms with Crippen LogP contribution in [0.3, 0.4) is 0 Å². The molecule has 0 bridgehead atoms. The van der Waals surface area contributed by atoms with Gasteiger partial charge in [-0.1, -0.05) is 30.3 Å². The van der Waals surface area contributed by atoms with Crippen molar-refractivity contribution in [3.05, 3.63) is 47.7 Å². The number of nitrogen functional groups attached to an aromatic ring is 1. The summed E-state index contributed by atoms with van der Waals surface area (Å²) in [5.74, 6) is -0.00801. The van der Waals surface area contributed by atoms with Gasteiger partial charge in [0.2, 0.25) is 11.7 Å². The van der Waals surface area contributed by atoms with E-state index in [0.29, 0.717) is 17.1 Å². The monoisotopic (exact) mass is 298 g/mol. The first-order valence-electron chi connectivity index (χ1n) is 6.75. The zero-order chi connectivity index (χ0) is 16.3. The second kappa shape index (κ2) is 6.26. The minimum Gasteiger partial charge on any atom is -0.395 e. The van der Waals surface area contributed by atoms with Crippen LogP contribution in [0.1, 0.15) is 23.0 Å². The number of rotatable bonds is 4. The molecular formula is C16H18N4O2. The number of pyridine rings is 1. The average Bonchev–Trinajstić information content (AvgIpc) is 2.49. The largest absolute Gasteiger partial charge is 0.395 e. The second-order valence-electron chi connectivity index (χ2n) is 5.06. The minimum atomic E-state index is -0.284. The van der Waals surface area contributed by atoms with Crippen LogP contribution in [0.5, 0.6) is 0 Å². The van der Waals surface area contributed by atoms with Gasteiger partial charge in [-0.25, -0.2) is 4.98 Å². The van der Waals surface area contributed by atoms with Crippen molar-refractivity contribution in [1.82, 2.24) is 4.98 Å². The van der Waals surface area contributed by atoms with Crippen molar-refractivity contribution in [2.24, 2.45) is 0 Å². The van der Waals surface area contributed by atoms with Gasteiger partial charge in [-0.3, -0.25) is 9.59 Å². The summed E-state index contributed by atoms with van der Waals surface area (Å²) in [6, 6.07) is 10.4. The van der Waals surface area contributed by atoms with E-state index >= 15 is 0 Å². The fourth-order valence-corrected chi connectivity index (χ4v) is 1.96. The van der Waals surface area contributed by atoms with E-state index in [1.165, 1.54) is 6.92 Å². The van der Waals surface area contributed by atoms with Gasteiger partial charge in [0.25, 0.3) is 0 Å². The number of carbonyl (C=O) groups excluding carboxylic acids is 2. The van der Waals surface area contributed by atoms with Gasteiger partial charge in [0.1, 0.15) is 11.5 Å². The zero-order valence-corrected chi connectivity index (χ0v) is 12.8. The van der Waals surface area contributed by atoms with E-state index in [-0.39, 0.29) is 23.1 Å². The van der Waals surface area contributed by atoms with E-state index in [2.05, 4.69) is 10.3 Å². The molecule has 0 aliphatic rings. The summed E-state index contributed by atoms with van der Waals surface area (Å²) in [5.41, 5.74) is 7.18. The molecule has 0 spiro atoms. The molecule has 0 fully saturated rings. The highest BCUT2D eigenvalue weighted by molar-refractivity contribution is 6.13. The predicted octanol–water partition coefficient (Wildman–Crippen LogP) is 1.92. The molecule has 2 aromatic rings. The Kier molecular flexibility index (Phi) is 4.41. The number of hydrogen-bond donors (Lipinski definition) is 2. The van der Waals surface area contributed by atoms with Crippen LogP contribution >= 0.6 is 0 Å². The Morgan fingerprint density at radius 2 is 1.82 bits per heavy atom. The Bertz CT molecular complexity index is 712. The Morgan fingerprint density at radius 3 is 2.36 bits per heavy atom. The summed E-state index contributed by atoms with van der Waals surface area (Å²) in [7, 11) is 3.60. The first kappa shape index (κ1) is 15.5. The van der Waals surface area contributed by atoms with Crippen molar-refractivity contribution < 1.29 is 9.59 Å². The summed E-state index contributed by atoms with van der Waals surface area (Å²) in [6.07, 6.45) is 0. The smallest absolute Gasteiger partial charge is 0.221 e. The maximum absolute atomic E-state index is 12.6. The molecule has 1 aromatic heterocycles. The van der Waals surface area contributed by atoms with Crippen LogP contribution in [0.4, 0.5) is 17.2 Å². The Balaban J connectivity index is 2.56. The van der Waals surface area contributed by atoms with E-state index in [1.54, 1.807) is 49.3 Å². The highest BCUT2D eigenvalue weighted by Crippen LogP contribution is 2.28. The van der Waals surface area contributed by atoms with Crippen molar-refractivity contribution in [2.75, 3.05) is 30.0 Å². The van der Waals surface area contributed by atoms with Crippen molar-refractivity contribution in [3.63, 3.8) is 0 Å². The molecule has 6 nitrogen and oxygen atoms in total. The number of aromatic nitrogens is 1. The van der Waals surface area contributed by atoms with Crippen LogP contribution in [0.25, 0.3) is 0 Å². The van der Waals surface area contributed by atoms with E-state index in [4.69, 9.17) is 5.73 Å². The lowest BCUT2D eigenvalue weighted by Gasteiger charge is -2.17. The fraction of sp³-hybridized carbons (Fsp3) is 0.188. The molecule has 2 rings (SSSR count). The Morgan fingerprint density at radius 1 is 1.18 bits per heavy atom. The van der Waals surface area contributed by atoms with Gasteiger partial charge in [-0.05, 0) is 0 Å². The van der Waals surface area contributed by atoms with Gasteiger partial charge in [-0.15, -0.1) is 0 Å². The summed E-state index contributed by atoms with van der Waals surface area (Å²) in [4.78, 5) is 30.0.